The first-order valence-electron chi connectivity index (χ1n) is 4.38. The summed E-state index contributed by atoms with van der Waals surface area (Å²) < 4.78 is 38.4. The average molecular weight is 228 g/mol. The van der Waals surface area contributed by atoms with E-state index in [4.69, 9.17) is 0 Å². The highest BCUT2D eigenvalue weighted by Gasteiger charge is 2.32. The first-order valence-corrected chi connectivity index (χ1v) is 4.38. The second-order valence-corrected chi connectivity index (χ2v) is 3.22. The van der Waals surface area contributed by atoms with Gasteiger partial charge >= 0.3 is 6.18 Å². The van der Waals surface area contributed by atoms with Crippen molar-refractivity contribution >= 4 is 0 Å². The summed E-state index contributed by atoms with van der Waals surface area (Å²) in [6, 6.07) is 0.854. The minimum absolute atomic E-state index is 0.0930. The van der Waals surface area contributed by atoms with Crippen LogP contribution in [0.2, 0.25) is 0 Å². The van der Waals surface area contributed by atoms with Crippen LogP contribution in [0.4, 0.5) is 13.2 Å². The highest BCUT2D eigenvalue weighted by molar-refractivity contribution is 5.24. The first-order chi connectivity index (χ1) is 7.47. The molecular weight excluding hydrogens is 221 g/mol. The molecule has 0 spiro atoms. The van der Waals surface area contributed by atoms with E-state index < -0.39 is 11.9 Å². The van der Waals surface area contributed by atoms with Gasteiger partial charge in [-0.05, 0) is 12.5 Å². The van der Waals surface area contributed by atoms with E-state index in [1.165, 1.54) is 10.9 Å². The molecule has 0 saturated heterocycles. The predicted molar refractivity (Wildman–Crippen MR) is 48.9 cm³/mol. The SMILES string of the molecule is Cc1cnn(-c2cc(C(F)(F)F)ncn2)c1. The molecule has 0 aromatic carbocycles. The van der Waals surface area contributed by atoms with Gasteiger partial charge in [-0.1, -0.05) is 0 Å². The van der Waals surface area contributed by atoms with E-state index in [9.17, 15) is 13.2 Å². The molecule has 7 heteroatoms. The number of alkyl halides is 3. The lowest BCUT2D eigenvalue weighted by atomic mass is 10.4. The molecule has 0 fully saturated rings. The maximum absolute atomic E-state index is 12.4. The van der Waals surface area contributed by atoms with Crippen LogP contribution in [-0.2, 0) is 6.18 Å². The van der Waals surface area contributed by atoms with Gasteiger partial charge in [0, 0.05) is 12.3 Å². The molecule has 0 aliphatic carbocycles. The summed E-state index contributed by atoms with van der Waals surface area (Å²) in [6.07, 6.45) is -0.479. The van der Waals surface area contributed by atoms with Crippen molar-refractivity contribution in [3.8, 4) is 5.82 Å². The van der Waals surface area contributed by atoms with Gasteiger partial charge in [-0.25, -0.2) is 14.6 Å². The van der Waals surface area contributed by atoms with Crippen LogP contribution in [0.15, 0.2) is 24.8 Å². The quantitative estimate of drug-likeness (QED) is 0.749. The van der Waals surface area contributed by atoms with Crippen LogP contribution in [0.3, 0.4) is 0 Å². The number of nitrogens with zero attached hydrogens (tertiary/aromatic N) is 4. The third-order valence-corrected chi connectivity index (χ3v) is 1.89. The fourth-order valence-electron chi connectivity index (χ4n) is 1.17. The van der Waals surface area contributed by atoms with Crippen LogP contribution < -0.4 is 0 Å². The minimum atomic E-state index is -4.47. The van der Waals surface area contributed by atoms with Crippen molar-refractivity contribution in [1.82, 2.24) is 19.7 Å². The zero-order chi connectivity index (χ0) is 11.8. The molecule has 0 unspecified atom stereocenters. The van der Waals surface area contributed by atoms with E-state index in [1.54, 1.807) is 13.1 Å². The van der Waals surface area contributed by atoms with Gasteiger partial charge in [-0.3, -0.25) is 0 Å². The normalized spacial score (nSPS) is 11.8. The van der Waals surface area contributed by atoms with Gasteiger partial charge in [0.25, 0.3) is 0 Å². The second kappa shape index (κ2) is 3.58. The lowest BCUT2D eigenvalue weighted by Crippen LogP contribution is -2.10. The Hall–Kier alpha value is -1.92. The van der Waals surface area contributed by atoms with Crippen LogP contribution in [0.5, 0.6) is 0 Å². The van der Waals surface area contributed by atoms with Crippen LogP contribution in [0, 0.1) is 6.92 Å². The molecule has 0 saturated carbocycles. The van der Waals surface area contributed by atoms with Crippen LogP contribution >= 0.6 is 0 Å². The molecular formula is C9H7F3N4. The monoisotopic (exact) mass is 228 g/mol. The van der Waals surface area contributed by atoms with Gasteiger partial charge in [0.2, 0.25) is 0 Å². The molecule has 84 valence electrons. The van der Waals surface area contributed by atoms with Crippen molar-refractivity contribution in [2.75, 3.05) is 0 Å². The van der Waals surface area contributed by atoms with E-state index in [1.807, 2.05) is 0 Å². The molecule has 0 aliphatic heterocycles. The van der Waals surface area contributed by atoms with Crippen molar-refractivity contribution in [1.29, 1.82) is 0 Å². The number of hydrogen-bond donors (Lipinski definition) is 0. The Labute approximate surface area is 88.8 Å². The van der Waals surface area contributed by atoms with Gasteiger partial charge in [0.05, 0.1) is 6.20 Å². The van der Waals surface area contributed by atoms with Crippen LogP contribution in [0.1, 0.15) is 11.3 Å². The van der Waals surface area contributed by atoms with E-state index in [2.05, 4.69) is 15.1 Å². The lowest BCUT2D eigenvalue weighted by molar-refractivity contribution is -0.141. The van der Waals surface area contributed by atoms with Crippen LogP contribution in [-0.4, -0.2) is 19.7 Å². The van der Waals surface area contributed by atoms with Gasteiger partial charge in [-0.2, -0.15) is 18.3 Å². The molecule has 0 amide bonds. The third kappa shape index (κ3) is 2.02. The topological polar surface area (TPSA) is 43.6 Å². The minimum Gasteiger partial charge on any atom is -0.232 e. The second-order valence-electron chi connectivity index (χ2n) is 3.22. The summed E-state index contributed by atoms with van der Waals surface area (Å²) in [5.41, 5.74) is -0.141. The summed E-state index contributed by atoms with van der Waals surface area (Å²) in [4.78, 5) is 6.89. The Morgan fingerprint density at radius 3 is 2.56 bits per heavy atom. The molecule has 16 heavy (non-hydrogen) atoms. The van der Waals surface area contributed by atoms with E-state index >= 15 is 0 Å². The van der Waals surface area contributed by atoms with E-state index in [0.717, 1.165) is 18.0 Å². The molecule has 4 nitrogen and oxygen atoms in total. The van der Waals surface area contributed by atoms with E-state index in [0.29, 0.717) is 0 Å². The standard InChI is InChI=1S/C9H7F3N4/c1-6-3-15-16(4-6)8-2-7(9(10,11)12)13-5-14-8/h2-5H,1H3. The van der Waals surface area contributed by atoms with Gasteiger partial charge < -0.3 is 0 Å². The Balaban J connectivity index is 2.44. The molecule has 2 aromatic heterocycles. The Morgan fingerprint density at radius 2 is 2.00 bits per heavy atom. The van der Waals surface area contributed by atoms with Crippen LogP contribution in [0.25, 0.3) is 5.82 Å². The number of halogens is 3. The first kappa shape index (κ1) is 10.6. The number of aromatic nitrogens is 4. The number of hydrogen-bond acceptors (Lipinski definition) is 3. The average Bonchev–Trinajstić information content (AvgIpc) is 2.64. The zero-order valence-electron chi connectivity index (χ0n) is 8.23. The Morgan fingerprint density at radius 1 is 1.25 bits per heavy atom. The molecule has 0 radical (unpaired) electrons. The molecule has 0 aliphatic rings. The van der Waals surface area contributed by atoms with Crippen molar-refractivity contribution < 1.29 is 13.2 Å². The third-order valence-electron chi connectivity index (χ3n) is 1.89. The summed E-state index contributed by atoms with van der Waals surface area (Å²) in [6.45, 7) is 1.79. The molecule has 0 bridgehead atoms. The Kier molecular flexibility index (Phi) is 2.37. The van der Waals surface area contributed by atoms with Gasteiger partial charge in [-0.15, -0.1) is 0 Å². The molecule has 2 rings (SSSR count). The number of aryl methyl sites for hydroxylation is 1. The van der Waals surface area contributed by atoms with Crippen molar-refractivity contribution in [3.63, 3.8) is 0 Å². The Bertz CT molecular complexity index is 503. The van der Waals surface area contributed by atoms with Gasteiger partial charge in [0.15, 0.2) is 5.82 Å². The maximum atomic E-state index is 12.4. The molecule has 2 heterocycles. The molecule has 2 aromatic rings. The lowest BCUT2D eigenvalue weighted by Gasteiger charge is -2.06. The van der Waals surface area contributed by atoms with Crippen molar-refractivity contribution in [2.45, 2.75) is 13.1 Å². The van der Waals surface area contributed by atoms with Crippen molar-refractivity contribution in [2.24, 2.45) is 0 Å². The summed E-state index contributed by atoms with van der Waals surface area (Å²) in [7, 11) is 0. The number of rotatable bonds is 1. The zero-order valence-corrected chi connectivity index (χ0v) is 8.23. The predicted octanol–water partition coefficient (Wildman–Crippen LogP) is 1.99. The van der Waals surface area contributed by atoms with Crippen molar-refractivity contribution in [3.05, 3.63) is 36.0 Å². The molecule has 0 atom stereocenters. The van der Waals surface area contributed by atoms with Gasteiger partial charge in [0.1, 0.15) is 12.0 Å². The summed E-state index contributed by atoms with van der Waals surface area (Å²) in [5.74, 6) is 0.0930. The fourth-order valence-corrected chi connectivity index (χ4v) is 1.17. The smallest absolute Gasteiger partial charge is 0.232 e. The molecule has 0 N–H and O–H groups in total. The van der Waals surface area contributed by atoms with E-state index in [-0.39, 0.29) is 5.82 Å². The maximum Gasteiger partial charge on any atom is 0.433 e. The largest absolute Gasteiger partial charge is 0.433 e. The highest BCUT2D eigenvalue weighted by Crippen LogP contribution is 2.27. The highest BCUT2D eigenvalue weighted by atomic mass is 19.4. The fraction of sp³-hybridized carbons (Fsp3) is 0.222. The summed E-state index contributed by atoms with van der Waals surface area (Å²) >= 11 is 0. The summed E-state index contributed by atoms with van der Waals surface area (Å²) in [5, 5.41) is 3.87.